The van der Waals surface area contributed by atoms with Gasteiger partial charge in [0.1, 0.15) is 5.75 Å². The van der Waals surface area contributed by atoms with Crippen LogP contribution in [0.2, 0.25) is 5.02 Å². The van der Waals surface area contributed by atoms with Gasteiger partial charge in [0.15, 0.2) is 6.61 Å². The van der Waals surface area contributed by atoms with E-state index in [2.05, 4.69) is 0 Å². The molecular formula is C19H18ClNO5S. The first-order chi connectivity index (χ1) is 12.9. The second-order valence-electron chi connectivity index (χ2n) is 6.01. The fraction of sp³-hybridized carbons (Fsp3) is 0.211. The smallest absolute Gasteiger partial charge is 0.341 e. The van der Waals surface area contributed by atoms with E-state index in [0.717, 1.165) is 11.1 Å². The fourth-order valence-corrected chi connectivity index (χ4v) is 4.32. The van der Waals surface area contributed by atoms with Gasteiger partial charge in [0.2, 0.25) is 10.0 Å². The number of carbonyl (C=O) groups is 1. The van der Waals surface area contributed by atoms with Crippen LogP contribution >= 0.6 is 11.6 Å². The van der Waals surface area contributed by atoms with Gasteiger partial charge in [-0.25, -0.2) is 13.2 Å². The molecule has 0 aliphatic carbocycles. The number of sulfonamides is 1. The molecule has 0 spiro atoms. The number of rotatable bonds is 6. The van der Waals surface area contributed by atoms with E-state index in [1.807, 2.05) is 12.1 Å². The summed E-state index contributed by atoms with van der Waals surface area (Å²) in [5, 5.41) is 9.19. The molecule has 0 bridgehead atoms. The fourth-order valence-electron chi connectivity index (χ4n) is 2.82. The van der Waals surface area contributed by atoms with Gasteiger partial charge in [-0.3, -0.25) is 0 Å². The second-order valence-corrected chi connectivity index (χ2v) is 8.38. The van der Waals surface area contributed by atoms with Crippen LogP contribution in [0.15, 0.2) is 59.5 Å². The van der Waals surface area contributed by atoms with Crippen molar-refractivity contribution in [1.29, 1.82) is 0 Å². The van der Waals surface area contributed by atoms with Gasteiger partial charge >= 0.3 is 5.97 Å². The molecule has 1 N–H and O–H groups in total. The van der Waals surface area contributed by atoms with E-state index in [-0.39, 0.29) is 11.4 Å². The third-order valence-electron chi connectivity index (χ3n) is 4.19. The zero-order valence-electron chi connectivity index (χ0n) is 14.3. The standard InChI is InChI=1S/C19H18ClNO5S/c20-16-4-6-18(7-5-16)27(24,25)21-10-8-14(9-11-21)15-2-1-3-17(12-15)26-13-19(22)23/h1-8,12H,9-11,13H2,(H,22,23). The van der Waals surface area contributed by atoms with Gasteiger partial charge in [0, 0.05) is 18.1 Å². The SMILES string of the molecule is O=C(O)COc1cccc(C2=CCN(S(=O)(=O)c3ccc(Cl)cc3)CC2)c1. The van der Waals surface area contributed by atoms with Gasteiger partial charge in [-0.1, -0.05) is 29.8 Å². The first-order valence-electron chi connectivity index (χ1n) is 8.26. The first kappa shape index (κ1) is 19.4. The molecule has 8 heteroatoms. The Labute approximate surface area is 162 Å². The van der Waals surface area contributed by atoms with Crippen molar-refractivity contribution in [3.63, 3.8) is 0 Å². The van der Waals surface area contributed by atoms with Crippen LogP contribution in [0.25, 0.3) is 5.57 Å². The van der Waals surface area contributed by atoms with Crippen molar-refractivity contribution in [1.82, 2.24) is 4.31 Å². The van der Waals surface area contributed by atoms with Crippen molar-refractivity contribution in [2.24, 2.45) is 0 Å². The molecule has 0 fully saturated rings. The summed E-state index contributed by atoms with van der Waals surface area (Å²) >= 11 is 5.83. The summed E-state index contributed by atoms with van der Waals surface area (Å²) in [4.78, 5) is 10.8. The molecule has 6 nitrogen and oxygen atoms in total. The molecule has 2 aromatic carbocycles. The average Bonchev–Trinajstić information content (AvgIpc) is 2.67. The minimum absolute atomic E-state index is 0.216. The Bertz CT molecular complexity index is 970. The maximum absolute atomic E-state index is 12.7. The summed E-state index contributed by atoms with van der Waals surface area (Å²) in [6, 6.07) is 13.2. The van der Waals surface area contributed by atoms with E-state index in [1.165, 1.54) is 16.4 Å². The van der Waals surface area contributed by atoms with Crippen molar-refractivity contribution >= 4 is 33.2 Å². The predicted molar refractivity (Wildman–Crippen MR) is 102 cm³/mol. The Kier molecular flexibility index (Phi) is 5.84. The molecular weight excluding hydrogens is 390 g/mol. The topological polar surface area (TPSA) is 83.9 Å². The largest absolute Gasteiger partial charge is 0.482 e. The molecule has 0 radical (unpaired) electrons. The van der Waals surface area contributed by atoms with E-state index in [4.69, 9.17) is 21.4 Å². The lowest BCUT2D eigenvalue weighted by molar-refractivity contribution is -0.139. The lowest BCUT2D eigenvalue weighted by Gasteiger charge is -2.26. The molecule has 0 aromatic heterocycles. The van der Waals surface area contributed by atoms with E-state index >= 15 is 0 Å². The average molecular weight is 408 g/mol. The number of aliphatic carboxylic acids is 1. The van der Waals surface area contributed by atoms with Gasteiger partial charge < -0.3 is 9.84 Å². The number of benzene rings is 2. The van der Waals surface area contributed by atoms with Crippen molar-refractivity contribution in [3.8, 4) is 5.75 Å². The summed E-state index contributed by atoms with van der Waals surface area (Å²) < 4.78 is 32.1. The lowest BCUT2D eigenvalue weighted by atomic mass is 10.0. The van der Waals surface area contributed by atoms with Crippen LogP contribution in [-0.2, 0) is 14.8 Å². The number of nitrogens with zero attached hydrogens (tertiary/aromatic N) is 1. The maximum atomic E-state index is 12.7. The molecule has 27 heavy (non-hydrogen) atoms. The predicted octanol–water partition coefficient (Wildman–Crippen LogP) is 3.28. The molecule has 0 amide bonds. The first-order valence-corrected chi connectivity index (χ1v) is 10.1. The van der Waals surface area contributed by atoms with Gasteiger partial charge in [0.25, 0.3) is 0 Å². The van der Waals surface area contributed by atoms with Gasteiger partial charge in [0.05, 0.1) is 4.90 Å². The Morgan fingerprint density at radius 1 is 1.19 bits per heavy atom. The normalized spacial score (nSPS) is 15.2. The van der Waals surface area contributed by atoms with Crippen LogP contribution in [0.4, 0.5) is 0 Å². The highest BCUT2D eigenvalue weighted by Gasteiger charge is 2.26. The van der Waals surface area contributed by atoms with Crippen LogP contribution in [0, 0.1) is 0 Å². The van der Waals surface area contributed by atoms with Crippen molar-refractivity contribution in [2.45, 2.75) is 11.3 Å². The number of carboxylic acids is 1. The monoisotopic (exact) mass is 407 g/mol. The van der Waals surface area contributed by atoms with E-state index < -0.39 is 22.6 Å². The highest BCUT2D eigenvalue weighted by Crippen LogP contribution is 2.28. The molecule has 1 heterocycles. The van der Waals surface area contributed by atoms with Crippen LogP contribution in [0.3, 0.4) is 0 Å². The molecule has 1 aliphatic heterocycles. The molecule has 0 unspecified atom stereocenters. The molecule has 0 saturated carbocycles. The number of hydrogen-bond acceptors (Lipinski definition) is 4. The van der Waals surface area contributed by atoms with Crippen molar-refractivity contribution in [3.05, 3.63) is 65.2 Å². The van der Waals surface area contributed by atoms with E-state index in [1.54, 1.807) is 30.3 Å². The van der Waals surface area contributed by atoms with Gasteiger partial charge in [-0.15, -0.1) is 0 Å². The Morgan fingerprint density at radius 2 is 1.93 bits per heavy atom. The molecule has 0 saturated heterocycles. The second kappa shape index (κ2) is 8.12. The quantitative estimate of drug-likeness (QED) is 0.794. The molecule has 1 aliphatic rings. The third-order valence-corrected chi connectivity index (χ3v) is 6.32. The summed E-state index contributed by atoms with van der Waals surface area (Å²) in [6.45, 7) is 0.215. The minimum atomic E-state index is -3.57. The molecule has 0 atom stereocenters. The number of ether oxygens (including phenoxy) is 1. The zero-order chi connectivity index (χ0) is 19.4. The third kappa shape index (κ3) is 4.68. The maximum Gasteiger partial charge on any atom is 0.341 e. The molecule has 142 valence electrons. The number of hydrogen-bond donors (Lipinski definition) is 1. The Balaban J connectivity index is 1.74. The minimum Gasteiger partial charge on any atom is -0.482 e. The van der Waals surface area contributed by atoms with E-state index in [9.17, 15) is 13.2 Å². The van der Waals surface area contributed by atoms with Crippen LogP contribution in [0.1, 0.15) is 12.0 Å². The van der Waals surface area contributed by atoms with E-state index in [0.29, 0.717) is 23.7 Å². The Hall–Kier alpha value is -2.35. The Morgan fingerprint density at radius 3 is 2.56 bits per heavy atom. The molecule has 2 aromatic rings. The zero-order valence-corrected chi connectivity index (χ0v) is 15.9. The van der Waals surface area contributed by atoms with Crippen LogP contribution < -0.4 is 4.74 Å². The van der Waals surface area contributed by atoms with Crippen molar-refractivity contribution in [2.75, 3.05) is 19.7 Å². The van der Waals surface area contributed by atoms with Crippen molar-refractivity contribution < 1.29 is 23.1 Å². The summed E-state index contributed by atoms with van der Waals surface area (Å²) in [6.07, 6.45) is 2.42. The molecule has 3 rings (SSSR count). The summed E-state index contributed by atoms with van der Waals surface area (Å²) in [5.74, 6) is -0.577. The lowest BCUT2D eigenvalue weighted by Crippen LogP contribution is -2.34. The summed E-state index contributed by atoms with van der Waals surface area (Å²) in [5.41, 5.74) is 1.89. The highest BCUT2D eigenvalue weighted by atomic mass is 35.5. The highest BCUT2D eigenvalue weighted by molar-refractivity contribution is 7.89. The summed E-state index contributed by atoms with van der Waals surface area (Å²) in [7, 11) is -3.57. The number of carboxylic acid groups (broad SMARTS) is 1. The van der Waals surface area contributed by atoms with Gasteiger partial charge in [-0.05, 0) is 54.0 Å². The van der Waals surface area contributed by atoms with Crippen LogP contribution in [0.5, 0.6) is 5.75 Å². The van der Waals surface area contributed by atoms with Gasteiger partial charge in [-0.2, -0.15) is 4.31 Å². The van der Waals surface area contributed by atoms with Crippen LogP contribution in [-0.4, -0.2) is 43.5 Å². The number of halogens is 1.